The number of hydrogen-bond acceptors (Lipinski definition) is 7. The number of esters is 2. The van der Waals surface area contributed by atoms with Gasteiger partial charge in [-0.1, -0.05) is 19.2 Å². The number of rotatable bonds is 5. The van der Waals surface area contributed by atoms with E-state index in [1.54, 1.807) is 12.2 Å². The van der Waals surface area contributed by atoms with Gasteiger partial charge in [0.25, 0.3) is 0 Å². The zero-order valence-electron chi connectivity index (χ0n) is 15.5. The molecule has 2 rings (SSSR count). The molecule has 1 aliphatic carbocycles. The molecule has 1 N–H and O–H groups in total. The van der Waals surface area contributed by atoms with Gasteiger partial charge in [0.05, 0.1) is 12.5 Å². The number of ether oxygens (including phenoxy) is 3. The van der Waals surface area contributed by atoms with Crippen LogP contribution in [-0.4, -0.2) is 55.4 Å². The normalized spacial score (nSPS) is 32.3. The van der Waals surface area contributed by atoms with Gasteiger partial charge in [0.15, 0.2) is 6.10 Å². The van der Waals surface area contributed by atoms with E-state index in [0.29, 0.717) is 24.7 Å². The summed E-state index contributed by atoms with van der Waals surface area (Å²) in [5, 5.41) is 9.57. The first-order valence-corrected chi connectivity index (χ1v) is 8.58. The number of carbonyl (C=O) groups is 3. The van der Waals surface area contributed by atoms with Gasteiger partial charge in [-0.3, -0.25) is 4.79 Å². The first-order valence-electron chi connectivity index (χ1n) is 8.58. The average Bonchev–Trinajstić information content (AvgIpc) is 2.91. The standard InChI is InChI=1S/C20H24O7/c1-11(2)19(23)27-17-14(10-22)7-5-6-13(9-21)8-15-16(18(17)25-4)12(3)20(24)26-15/h7-8,10,15-18,21H,1,3,5-6,9H2,2,4H3/b13-8+,14-7-/t15-,16+,17?,18+/m1/s1. The SMILES string of the molecule is C=C(C)C(=O)OC1/C(C=O)=C\CC/C(CO)=C\[C@H]2OC(=O)C(=C)[C@@H]2[C@@H]1OC. The van der Waals surface area contributed by atoms with Crippen LogP contribution in [0.3, 0.4) is 0 Å². The number of carbonyl (C=O) groups excluding carboxylic acids is 3. The van der Waals surface area contributed by atoms with Crippen LogP contribution in [0.1, 0.15) is 19.8 Å². The molecule has 1 saturated heterocycles. The van der Waals surface area contributed by atoms with Gasteiger partial charge in [0.2, 0.25) is 0 Å². The fourth-order valence-electron chi connectivity index (χ4n) is 3.23. The van der Waals surface area contributed by atoms with Gasteiger partial charge in [-0.15, -0.1) is 0 Å². The Morgan fingerprint density at radius 1 is 1.48 bits per heavy atom. The first kappa shape index (κ1) is 20.8. The first-order chi connectivity index (χ1) is 12.8. The van der Waals surface area contributed by atoms with Crippen molar-refractivity contribution in [2.45, 2.75) is 38.1 Å². The highest BCUT2D eigenvalue weighted by atomic mass is 16.6. The van der Waals surface area contributed by atoms with Crippen molar-refractivity contribution in [1.82, 2.24) is 0 Å². The third-order valence-corrected chi connectivity index (χ3v) is 4.68. The second-order valence-corrected chi connectivity index (χ2v) is 6.57. The monoisotopic (exact) mass is 376 g/mol. The number of hydrogen-bond donors (Lipinski definition) is 1. The number of allylic oxidation sites excluding steroid dienone is 1. The fourth-order valence-corrected chi connectivity index (χ4v) is 3.23. The number of methoxy groups -OCH3 is 1. The lowest BCUT2D eigenvalue weighted by molar-refractivity contribution is -0.152. The molecule has 0 radical (unpaired) electrons. The van der Waals surface area contributed by atoms with Crippen molar-refractivity contribution in [1.29, 1.82) is 0 Å². The Morgan fingerprint density at radius 2 is 2.19 bits per heavy atom. The Labute approximate surface area is 158 Å². The molecule has 27 heavy (non-hydrogen) atoms. The summed E-state index contributed by atoms with van der Waals surface area (Å²) in [5.74, 6) is -1.96. The van der Waals surface area contributed by atoms with Gasteiger partial charge in [-0.2, -0.15) is 0 Å². The lowest BCUT2D eigenvalue weighted by Gasteiger charge is -2.32. The smallest absolute Gasteiger partial charge is 0.334 e. The summed E-state index contributed by atoms with van der Waals surface area (Å²) in [7, 11) is 1.39. The van der Waals surface area contributed by atoms with Crippen LogP contribution in [0.5, 0.6) is 0 Å². The minimum atomic E-state index is -1.06. The molecular weight excluding hydrogens is 352 g/mol. The number of fused-ring (bicyclic) bond motifs is 1. The van der Waals surface area contributed by atoms with Crippen molar-refractivity contribution < 1.29 is 33.7 Å². The van der Waals surface area contributed by atoms with Crippen molar-refractivity contribution in [3.05, 3.63) is 47.6 Å². The summed E-state index contributed by atoms with van der Waals surface area (Å²) >= 11 is 0. The summed E-state index contributed by atoms with van der Waals surface area (Å²) in [4.78, 5) is 36.0. The highest BCUT2D eigenvalue weighted by Crippen LogP contribution is 2.37. The number of aliphatic hydroxyl groups is 1. The lowest BCUT2D eigenvalue weighted by Crippen LogP contribution is -2.43. The summed E-state index contributed by atoms with van der Waals surface area (Å²) in [6.07, 6.45) is 2.12. The van der Waals surface area contributed by atoms with Crippen molar-refractivity contribution >= 4 is 18.2 Å². The summed E-state index contributed by atoms with van der Waals surface area (Å²) in [5.41, 5.74) is 1.20. The Hall–Kier alpha value is -2.51. The molecule has 0 aromatic heterocycles. The largest absolute Gasteiger partial charge is 0.454 e. The second-order valence-electron chi connectivity index (χ2n) is 6.57. The summed E-state index contributed by atoms with van der Waals surface area (Å²) in [6.45, 7) is 8.63. The van der Waals surface area contributed by atoms with Crippen LogP contribution in [0.25, 0.3) is 0 Å². The van der Waals surface area contributed by atoms with Crippen molar-refractivity contribution in [2.24, 2.45) is 5.92 Å². The molecule has 2 aliphatic rings. The van der Waals surface area contributed by atoms with Gasteiger partial charge in [-0.05, 0) is 31.4 Å². The lowest BCUT2D eigenvalue weighted by atomic mass is 9.83. The van der Waals surface area contributed by atoms with E-state index in [9.17, 15) is 19.5 Å². The summed E-state index contributed by atoms with van der Waals surface area (Å²) < 4.78 is 16.4. The average molecular weight is 376 g/mol. The molecule has 7 nitrogen and oxygen atoms in total. The number of aliphatic hydroxyl groups excluding tert-OH is 1. The van der Waals surface area contributed by atoms with Gasteiger partial charge < -0.3 is 19.3 Å². The predicted molar refractivity (Wildman–Crippen MR) is 96.6 cm³/mol. The number of aldehydes is 1. The van der Waals surface area contributed by atoms with Crippen molar-refractivity contribution in [3.8, 4) is 0 Å². The van der Waals surface area contributed by atoms with Crippen LogP contribution in [0.4, 0.5) is 0 Å². The van der Waals surface area contributed by atoms with Crippen molar-refractivity contribution in [3.63, 3.8) is 0 Å². The Morgan fingerprint density at radius 3 is 2.74 bits per heavy atom. The minimum absolute atomic E-state index is 0.155. The molecular formula is C20H24O7. The predicted octanol–water partition coefficient (Wildman–Crippen LogP) is 1.42. The molecule has 1 fully saturated rings. The van der Waals surface area contributed by atoms with E-state index in [1.807, 2.05) is 0 Å². The van der Waals surface area contributed by atoms with Crippen LogP contribution in [-0.2, 0) is 28.6 Å². The Bertz CT molecular complexity index is 716. The molecule has 0 spiro atoms. The van der Waals surface area contributed by atoms with Crippen LogP contribution in [0.2, 0.25) is 0 Å². The zero-order chi connectivity index (χ0) is 20.1. The van der Waals surface area contributed by atoms with Crippen LogP contribution in [0.15, 0.2) is 47.6 Å². The maximum atomic E-state index is 12.1. The maximum absolute atomic E-state index is 12.1. The van der Waals surface area contributed by atoms with Crippen LogP contribution < -0.4 is 0 Å². The van der Waals surface area contributed by atoms with Gasteiger partial charge in [0.1, 0.15) is 18.5 Å². The third-order valence-electron chi connectivity index (χ3n) is 4.68. The molecule has 4 atom stereocenters. The van der Waals surface area contributed by atoms with Gasteiger partial charge >= 0.3 is 11.9 Å². The fraction of sp³-hybridized carbons (Fsp3) is 0.450. The van der Waals surface area contributed by atoms with E-state index in [-0.39, 0.29) is 23.3 Å². The molecule has 146 valence electrons. The molecule has 1 unspecified atom stereocenters. The quantitative estimate of drug-likeness (QED) is 0.335. The topological polar surface area (TPSA) is 99.1 Å². The molecule has 0 aromatic rings. The van der Waals surface area contributed by atoms with E-state index in [1.165, 1.54) is 14.0 Å². The molecule has 0 amide bonds. The van der Waals surface area contributed by atoms with E-state index < -0.39 is 36.2 Å². The molecule has 1 aliphatic heterocycles. The van der Waals surface area contributed by atoms with Crippen LogP contribution in [0, 0.1) is 5.92 Å². The Kier molecular flexibility index (Phi) is 6.87. The van der Waals surface area contributed by atoms with Gasteiger partial charge in [-0.25, -0.2) is 9.59 Å². The van der Waals surface area contributed by atoms with E-state index in [0.717, 1.165) is 0 Å². The zero-order valence-corrected chi connectivity index (χ0v) is 15.5. The molecule has 0 saturated carbocycles. The highest BCUT2D eigenvalue weighted by Gasteiger charge is 2.47. The summed E-state index contributed by atoms with van der Waals surface area (Å²) in [6, 6.07) is 0. The molecule has 7 heteroatoms. The molecule has 0 bridgehead atoms. The Balaban J connectivity index is 2.55. The maximum Gasteiger partial charge on any atom is 0.334 e. The molecule has 1 heterocycles. The van der Waals surface area contributed by atoms with E-state index in [2.05, 4.69) is 13.2 Å². The second kappa shape index (κ2) is 8.92. The minimum Gasteiger partial charge on any atom is -0.454 e. The van der Waals surface area contributed by atoms with E-state index in [4.69, 9.17) is 14.2 Å². The third kappa shape index (κ3) is 4.43. The van der Waals surface area contributed by atoms with Gasteiger partial charge in [0, 0.05) is 23.8 Å². The highest BCUT2D eigenvalue weighted by molar-refractivity contribution is 5.91. The molecule has 0 aromatic carbocycles. The van der Waals surface area contributed by atoms with Crippen LogP contribution >= 0.6 is 0 Å². The van der Waals surface area contributed by atoms with Crippen molar-refractivity contribution in [2.75, 3.05) is 13.7 Å². The van der Waals surface area contributed by atoms with E-state index >= 15 is 0 Å².